The largest absolute Gasteiger partial charge is 0.319 e. The van der Waals surface area contributed by atoms with Gasteiger partial charge in [0.15, 0.2) is 0 Å². The Morgan fingerprint density at radius 2 is 2.14 bits per heavy atom. The molecule has 1 N–H and O–H groups in total. The van der Waals surface area contributed by atoms with E-state index in [1.807, 2.05) is 11.8 Å². The minimum absolute atomic E-state index is 0.216. The van der Waals surface area contributed by atoms with Gasteiger partial charge in [-0.15, -0.1) is 0 Å². The molecule has 1 rings (SSSR count). The highest BCUT2D eigenvalue weighted by Crippen LogP contribution is 2.13. The molecule has 0 radical (unpaired) electrons. The molecule has 0 saturated carbocycles. The summed E-state index contributed by atoms with van der Waals surface area (Å²) in [5.41, 5.74) is 0. The lowest BCUT2D eigenvalue weighted by atomic mass is 10.5. The number of rotatable bonds is 4. The molecule has 0 bridgehead atoms. The predicted molar refractivity (Wildman–Crippen MR) is 61.2 cm³/mol. The Balaban J connectivity index is 2.51. The van der Waals surface area contributed by atoms with Gasteiger partial charge in [-0.05, 0) is 19.2 Å². The summed E-state index contributed by atoms with van der Waals surface area (Å²) in [6.45, 7) is 1.90. The smallest absolute Gasteiger partial charge is 0.215 e. The molecule has 4 nitrogen and oxygen atoms in total. The molecule has 0 spiro atoms. The second-order valence-corrected chi connectivity index (χ2v) is 6.60. The highest BCUT2D eigenvalue weighted by atomic mass is 32.2. The first-order valence-electron chi connectivity index (χ1n) is 4.87. The van der Waals surface area contributed by atoms with Crippen molar-refractivity contribution in [1.82, 2.24) is 9.62 Å². The third-order valence-corrected chi connectivity index (χ3v) is 5.11. The van der Waals surface area contributed by atoms with Crippen LogP contribution in [-0.2, 0) is 10.0 Å². The van der Waals surface area contributed by atoms with Crippen LogP contribution in [0.4, 0.5) is 0 Å². The van der Waals surface area contributed by atoms with E-state index in [-0.39, 0.29) is 5.75 Å². The average molecular weight is 238 g/mol. The predicted octanol–water partition coefficient (Wildman–Crippen LogP) is -0.0255. The second-order valence-electron chi connectivity index (χ2n) is 3.28. The van der Waals surface area contributed by atoms with Gasteiger partial charge in [0.05, 0.1) is 5.75 Å². The van der Waals surface area contributed by atoms with Crippen molar-refractivity contribution in [3.05, 3.63) is 0 Å². The maximum absolute atomic E-state index is 11.8. The van der Waals surface area contributed by atoms with Crippen molar-refractivity contribution in [3.63, 3.8) is 0 Å². The molecule has 0 amide bonds. The van der Waals surface area contributed by atoms with Crippen LogP contribution in [0, 0.1) is 0 Å². The summed E-state index contributed by atoms with van der Waals surface area (Å²) >= 11 is 1.84. The van der Waals surface area contributed by atoms with E-state index in [1.165, 1.54) is 0 Å². The fourth-order valence-electron chi connectivity index (χ4n) is 1.36. The molecule has 1 saturated heterocycles. The van der Waals surface area contributed by atoms with Crippen LogP contribution in [0.2, 0.25) is 0 Å². The van der Waals surface area contributed by atoms with Gasteiger partial charge in [0, 0.05) is 25.4 Å². The van der Waals surface area contributed by atoms with Gasteiger partial charge in [-0.25, -0.2) is 12.7 Å². The molecule has 0 aromatic rings. The van der Waals surface area contributed by atoms with Crippen molar-refractivity contribution in [1.29, 1.82) is 0 Å². The number of nitrogens with one attached hydrogen (secondary N) is 1. The van der Waals surface area contributed by atoms with Crippen molar-refractivity contribution in [2.75, 3.05) is 43.9 Å². The van der Waals surface area contributed by atoms with Crippen molar-refractivity contribution in [2.24, 2.45) is 0 Å². The summed E-state index contributed by atoms with van der Waals surface area (Å²) in [4.78, 5) is 0. The molecular weight excluding hydrogens is 220 g/mol. The zero-order chi connectivity index (χ0) is 10.4. The highest BCUT2D eigenvalue weighted by molar-refractivity contribution is 7.99. The van der Waals surface area contributed by atoms with Crippen LogP contribution >= 0.6 is 11.8 Å². The third kappa shape index (κ3) is 3.76. The van der Waals surface area contributed by atoms with E-state index in [0.29, 0.717) is 19.6 Å². The SMILES string of the molecule is CNCCS(=O)(=O)N1CCCSCC1. The second kappa shape index (κ2) is 5.95. The summed E-state index contributed by atoms with van der Waals surface area (Å²) in [6.07, 6.45) is 0.976. The maximum Gasteiger partial charge on any atom is 0.215 e. The average Bonchev–Trinajstić information content (AvgIpc) is 2.43. The first-order chi connectivity index (χ1) is 6.67. The molecule has 0 aromatic heterocycles. The van der Waals surface area contributed by atoms with Crippen LogP contribution in [-0.4, -0.2) is 56.7 Å². The number of hydrogen-bond acceptors (Lipinski definition) is 4. The lowest BCUT2D eigenvalue weighted by Gasteiger charge is -2.19. The van der Waals surface area contributed by atoms with Crippen LogP contribution in [0.1, 0.15) is 6.42 Å². The van der Waals surface area contributed by atoms with Gasteiger partial charge in [0.1, 0.15) is 0 Å². The van der Waals surface area contributed by atoms with Crippen LogP contribution in [0.5, 0.6) is 0 Å². The number of sulfonamides is 1. The molecule has 14 heavy (non-hydrogen) atoms. The van der Waals surface area contributed by atoms with Gasteiger partial charge >= 0.3 is 0 Å². The van der Waals surface area contributed by atoms with Gasteiger partial charge in [0.2, 0.25) is 10.0 Å². The summed E-state index contributed by atoms with van der Waals surface area (Å²) in [7, 11) is -1.24. The van der Waals surface area contributed by atoms with Gasteiger partial charge in [-0.2, -0.15) is 11.8 Å². The fraction of sp³-hybridized carbons (Fsp3) is 1.00. The molecule has 0 aromatic carbocycles. The molecular formula is C8H18N2O2S2. The first-order valence-corrected chi connectivity index (χ1v) is 7.63. The fourth-order valence-corrected chi connectivity index (χ4v) is 3.86. The molecule has 1 aliphatic rings. The molecule has 84 valence electrons. The monoisotopic (exact) mass is 238 g/mol. The Morgan fingerprint density at radius 1 is 1.36 bits per heavy atom. The first kappa shape index (κ1) is 12.3. The zero-order valence-electron chi connectivity index (χ0n) is 8.53. The van der Waals surface area contributed by atoms with E-state index in [9.17, 15) is 8.42 Å². The minimum Gasteiger partial charge on any atom is -0.319 e. The third-order valence-electron chi connectivity index (χ3n) is 2.18. The summed E-state index contributed by atoms with van der Waals surface area (Å²) in [5, 5.41) is 2.87. The molecule has 0 aliphatic carbocycles. The Hall–Kier alpha value is 0.220. The molecule has 1 fully saturated rings. The molecule has 1 heterocycles. The van der Waals surface area contributed by atoms with Crippen LogP contribution in [0.25, 0.3) is 0 Å². The lowest BCUT2D eigenvalue weighted by Crippen LogP contribution is -2.37. The van der Waals surface area contributed by atoms with Crippen molar-refractivity contribution in [2.45, 2.75) is 6.42 Å². The van der Waals surface area contributed by atoms with E-state index in [4.69, 9.17) is 0 Å². The summed E-state index contributed by atoms with van der Waals surface area (Å²) in [6, 6.07) is 0. The Morgan fingerprint density at radius 3 is 2.86 bits per heavy atom. The van der Waals surface area contributed by atoms with Crippen molar-refractivity contribution < 1.29 is 8.42 Å². The quantitative estimate of drug-likeness (QED) is 0.747. The van der Waals surface area contributed by atoms with E-state index in [2.05, 4.69) is 5.32 Å². The van der Waals surface area contributed by atoms with Gasteiger partial charge in [0.25, 0.3) is 0 Å². The number of nitrogens with zero attached hydrogens (tertiary/aromatic N) is 1. The van der Waals surface area contributed by atoms with Gasteiger partial charge < -0.3 is 5.32 Å². The Bertz CT molecular complexity index is 246. The zero-order valence-corrected chi connectivity index (χ0v) is 10.2. The van der Waals surface area contributed by atoms with Gasteiger partial charge in [-0.1, -0.05) is 0 Å². The Labute approximate surface area is 90.5 Å². The topological polar surface area (TPSA) is 49.4 Å². The maximum atomic E-state index is 11.8. The van der Waals surface area contributed by atoms with Crippen molar-refractivity contribution in [3.8, 4) is 0 Å². The summed E-state index contributed by atoms with van der Waals surface area (Å²) < 4.78 is 25.2. The minimum atomic E-state index is -3.01. The molecule has 0 atom stereocenters. The molecule has 1 aliphatic heterocycles. The van der Waals surface area contributed by atoms with E-state index in [0.717, 1.165) is 17.9 Å². The van der Waals surface area contributed by atoms with Crippen LogP contribution in [0.3, 0.4) is 0 Å². The normalized spacial score (nSPS) is 20.6. The van der Waals surface area contributed by atoms with Crippen molar-refractivity contribution >= 4 is 21.8 Å². The van der Waals surface area contributed by atoms with Gasteiger partial charge in [-0.3, -0.25) is 0 Å². The number of thioether (sulfide) groups is 1. The van der Waals surface area contributed by atoms with E-state index < -0.39 is 10.0 Å². The highest BCUT2D eigenvalue weighted by Gasteiger charge is 2.22. The van der Waals surface area contributed by atoms with Crippen LogP contribution in [0.15, 0.2) is 0 Å². The van der Waals surface area contributed by atoms with Crippen LogP contribution < -0.4 is 5.32 Å². The lowest BCUT2D eigenvalue weighted by molar-refractivity contribution is 0.434. The van der Waals surface area contributed by atoms with E-state index >= 15 is 0 Å². The number of hydrogen-bond donors (Lipinski definition) is 1. The Kier molecular flexibility index (Phi) is 5.22. The molecule has 6 heteroatoms. The standard InChI is InChI=1S/C8H18N2O2S2/c1-9-3-8-14(11,12)10-4-2-6-13-7-5-10/h9H,2-8H2,1H3. The summed E-state index contributed by atoms with van der Waals surface area (Å²) in [5.74, 6) is 2.23. The molecule has 0 unspecified atom stereocenters. The van der Waals surface area contributed by atoms with E-state index in [1.54, 1.807) is 11.4 Å².